The van der Waals surface area contributed by atoms with Crippen molar-refractivity contribution in [2.24, 2.45) is 0 Å². The fourth-order valence-electron chi connectivity index (χ4n) is 3.58. The Kier molecular flexibility index (Phi) is 7.22. The fraction of sp³-hybridized carbons (Fsp3) is 0.318. The number of amides is 2. The van der Waals surface area contributed by atoms with E-state index in [4.69, 9.17) is 14.9 Å². The Bertz CT molecular complexity index is 917. The van der Waals surface area contributed by atoms with E-state index < -0.39 is 43.1 Å². The number of carboxylic acid groups (broad SMARTS) is 1. The molecule has 2 amide bonds. The maximum absolute atomic E-state index is 12.1. The predicted octanol–water partition coefficient (Wildman–Crippen LogP) is 0.838. The summed E-state index contributed by atoms with van der Waals surface area (Å²) in [5, 5.41) is 32.0. The first-order valence-electron chi connectivity index (χ1n) is 9.80. The Hall–Kier alpha value is -3.43. The van der Waals surface area contributed by atoms with Gasteiger partial charge in [0, 0.05) is 12.5 Å². The third-order valence-electron chi connectivity index (χ3n) is 5.06. The molecule has 0 bridgehead atoms. The van der Waals surface area contributed by atoms with Gasteiger partial charge >= 0.3 is 12.1 Å². The molecule has 31 heavy (non-hydrogen) atoms. The molecular weight excluding hydrogens is 404 g/mol. The second-order valence-corrected chi connectivity index (χ2v) is 7.21. The van der Waals surface area contributed by atoms with Crippen molar-refractivity contribution in [2.75, 3.05) is 19.8 Å². The zero-order valence-corrected chi connectivity index (χ0v) is 16.7. The van der Waals surface area contributed by atoms with Gasteiger partial charge in [0.1, 0.15) is 12.6 Å². The van der Waals surface area contributed by atoms with Crippen LogP contribution in [0.2, 0.25) is 0 Å². The Morgan fingerprint density at radius 2 is 1.58 bits per heavy atom. The molecule has 2 aromatic rings. The average molecular weight is 428 g/mol. The molecule has 9 heteroatoms. The highest BCUT2D eigenvalue weighted by atomic mass is 16.5. The number of hydrogen-bond donors (Lipinski definition) is 5. The number of aliphatic carboxylic acids is 1. The van der Waals surface area contributed by atoms with Crippen LogP contribution in [0.3, 0.4) is 0 Å². The SMILES string of the molecule is O=C(CC(O)CNC(=O)OCC1c2ccccc2-c2ccccc21)N[C@H](CO)C(=O)O. The van der Waals surface area contributed by atoms with E-state index in [-0.39, 0.29) is 19.1 Å². The smallest absolute Gasteiger partial charge is 0.407 e. The standard InChI is InChI=1S/C22H24N2O7/c25-11-19(21(28)29)24-20(27)9-13(26)10-23-22(30)31-12-18-16-7-3-1-5-14(16)15-6-2-4-8-17(15)18/h1-8,13,18-19,25-26H,9-12H2,(H,23,30)(H,24,27)(H,28,29)/t13?,19-/m1/s1. The van der Waals surface area contributed by atoms with Crippen molar-refractivity contribution in [1.82, 2.24) is 10.6 Å². The van der Waals surface area contributed by atoms with Gasteiger partial charge in [-0.05, 0) is 22.3 Å². The summed E-state index contributed by atoms with van der Waals surface area (Å²) in [5.74, 6) is -2.24. The average Bonchev–Trinajstić information content (AvgIpc) is 3.08. The Labute approximate surface area is 178 Å². The lowest BCUT2D eigenvalue weighted by molar-refractivity contribution is -0.143. The monoisotopic (exact) mass is 428 g/mol. The molecule has 0 saturated heterocycles. The molecule has 164 valence electrons. The summed E-state index contributed by atoms with van der Waals surface area (Å²) in [6.07, 6.45) is -2.42. The number of aliphatic hydroxyl groups excluding tert-OH is 2. The number of hydrogen-bond acceptors (Lipinski definition) is 6. The molecule has 0 aliphatic heterocycles. The van der Waals surface area contributed by atoms with Crippen molar-refractivity contribution in [3.63, 3.8) is 0 Å². The van der Waals surface area contributed by atoms with E-state index in [0.717, 1.165) is 22.3 Å². The van der Waals surface area contributed by atoms with Gasteiger partial charge in [-0.2, -0.15) is 0 Å². The minimum atomic E-state index is -1.45. The molecule has 3 rings (SSSR count). The van der Waals surface area contributed by atoms with E-state index >= 15 is 0 Å². The number of fused-ring (bicyclic) bond motifs is 3. The van der Waals surface area contributed by atoms with Gasteiger partial charge in [0.15, 0.2) is 0 Å². The summed E-state index contributed by atoms with van der Waals surface area (Å²) in [6.45, 7) is -0.899. The van der Waals surface area contributed by atoms with E-state index in [9.17, 15) is 19.5 Å². The highest BCUT2D eigenvalue weighted by molar-refractivity contribution is 5.84. The Balaban J connectivity index is 1.48. The summed E-state index contributed by atoms with van der Waals surface area (Å²) in [4.78, 5) is 34.6. The highest BCUT2D eigenvalue weighted by Crippen LogP contribution is 2.44. The molecule has 0 aromatic heterocycles. The van der Waals surface area contributed by atoms with E-state index in [0.29, 0.717) is 0 Å². The fourth-order valence-corrected chi connectivity index (χ4v) is 3.58. The van der Waals surface area contributed by atoms with Crippen molar-refractivity contribution in [2.45, 2.75) is 24.5 Å². The Morgan fingerprint density at radius 1 is 1.00 bits per heavy atom. The van der Waals surface area contributed by atoms with Crippen LogP contribution in [0.5, 0.6) is 0 Å². The van der Waals surface area contributed by atoms with Crippen LogP contribution in [0.4, 0.5) is 4.79 Å². The molecule has 0 saturated carbocycles. The molecule has 2 aromatic carbocycles. The topological polar surface area (TPSA) is 145 Å². The molecule has 9 nitrogen and oxygen atoms in total. The van der Waals surface area contributed by atoms with Crippen LogP contribution in [0.25, 0.3) is 11.1 Å². The van der Waals surface area contributed by atoms with Gasteiger partial charge in [0.2, 0.25) is 5.91 Å². The maximum Gasteiger partial charge on any atom is 0.407 e. The van der Waals surface area contributed by atoms with Crippen molar-refractivity contribution < 1.29 is 34.4 Å². The van der Waals surface area contributed by atoms with Gasteiger partial charge < -0.3 is 30.7 Å². The number of carboxylic acids is 1. The second kappa shape index (κ2) is 10.1. The first-order chi connectivity index (χ1) is 14.9. The number of carbonyl (C=O) groups is 3. The molecule has 1 aliphatic carbocycles. The largest absolute Gasteiger partial charge is 0.480 e. The van der Waals surface area contributed by atoms with Crippen LogP contribution in [-0.2, 0) is 14.3 Å². The van der Waals surface area contributed by atoms with Gasteiger partial charge in [-0.25, -0.2) is 9.59 Å². The molecule has 1 aliphatic rings. The third kappa shape index (κ3) is 5.39. The van der Waals surface area contributed by atoms with Crippen molar-refractivity contribution in [3.8, 4) is 11.1 Å². The van der Waals surface area contributed by atoms with Crippen LogP contribution in [0.15, 0.2) is 48.5 Å². The Morgan fingerprint density at radius 3 is 2.13 bits per heavy atom. The zero-order chi connectivity index (χ0) is 22.4. The van der Waals surface area contributed by atoms with E-state index in [1.807, 2.05) is 48.5 Å². The minimum absolute atomic E-state index is 0.0970. The number of carbonyl (C=O) groups excluding carboxylic acids is 2. The zero-order valence-electron chi connectivity index (χ0n) is 16.7. The van der Waals surface area contributed by atoms with Crippen molar-refractivity contribution in [3.05, 3.63) is 59.7 Å². The van der Waals surface area contributed by atoms with Crippen LogP contribution in [0.1, 0.15) is 23.5 Å². The maximum atomic E-state index is 12.1. The van der Waals surface area contributed by atoms with Gasteiger partial charge in [-0.15, -0.1) is 0 Å². The number of benzene rings is 2. The highest BCUT2D eigenvalue weighted by Gasteiger charge is 2.29. The summed E-state index contributed by atoms with van der Waals surface area (Å²) < 4.78 is 5.34. The van der Waals surface area contributed by atoms with Crippen LogP contribution in [-0.4, -0.2) is 65.2 Å². The van der Waals surface area contributed by atoms with E-state index in [1.165, 1.54) is 0 Å². The molecule has 0 heterocycles. The van der Waals surface area contributed by atoms with Gasteiger partial charge in [-0.1, -0.05) is 48.5 Å². The summed E-state index contributed by atoms with van der Waals surface area (Å²) >= 11 is 0. The first kappa shape index (κ1) is 22.3. The van der Waals surface area contributed by atoms with Crippen molar-refractivity contribution >= 4 is 18.0 Å². The third-order valence-corrected chi connectivity index (χ3v) is 5.06. The summed E-state index contributed by atoms with van der Waals surface area (Å²) in [6, 6.07) is 14.4. The lowest BCUT2D eigenvalue weighted by atomic mass is 9.98. The first-order valence-corrected chi connectivity index (χ1v) is 9.80. The quantitative estimate of drug-likeness (QED) is 0.398. The second-order valence-electron chi connectivity index (χ2n) is 7.21. The minimum Gasteiger partial charge on any atom is -0.480 e. The molecular formula is C22H24N2O7. The molecule has 0 fully saturated rings. The summed E-state index contributed by atoms with van der Waals surface area (Å²) in [7, 11) is 0. The van der Waals surface area contributed by atoms with Gasteiger partial charge in [-0.3, -0.25) is 4.79 Å². The van der Waals surface area contributed by atoms with Crippen LogP contribution < -0.4 is 10.6 Å². The number of ether oxygens (including phenoxy) is 1. The number of rotatable bonds is 9. The molecule has 5 N–H and O–H groups in total. The number of aliphatic hydroxyl groups is 2. The van der Waals surface area contributed by atoms with E-state index in [2.05, 4.69) is 10.6 Å². The van der Waals surface area contributed by atoms with Gasteiger partial charge in [0.05, 0.1) is 19.1 Å². The van der Waals surface area contributed by atoms with Crippen molar-refractivity contribution in [1.29, 1.82) is 0 Å². The number of alkyl carbamates (subject to hydrolysis) is 1. The molecule has 2 atom stereocenters. The normalized spacial score (nSPS) is 14.1. The van der Waals surface area contributed by atoms with E-state index in [1.54, 1.807) is 0 Å². The summed E-state index contributed by atoms with van der Waals surface area (Å²) in [5.41, 5.74) is 4.36. The lowest BCUT2D eigenvalue weighted by Gasteiger charge is -2.16. The predicted molar refractivity (Wildman–Crippen MR) is 110 cm³/mol. The lowest BCUT2D eigenvalue weighted by Crippen LogP contribution is -2.45. The number of nitrogens with one attached hydrogen (secondary N) is 2. The molecule has 0 spiro atoms. The molecule has 0 radical (unpaired) electrons. The molecule has 1 unspecified atom stereocenters. The van der Waals surface area contributed by atoms with Crippen LogP contribution >= 0.6 is 0 Å². The van der Waals surface area contributed by atoms with Crippen LogP contribution in [0, 0.1) is 0 Å². The van der Waals surface area contributed by atoms with Gasteiger partial charge in [0.25, 0.3) is 0 Å².